The van der Waals surface area contributed by atoms with Gasteiger partial charge >= 0.3 is 0 Å². The van der Waals surface area contributed by atoms with E-state index < -0.39 is 5.79 Å². The highest BCUT2D eigenvalue weighted by Gasteiger charge is 2.33. The summed E-state index contributed by atoms with van der Waals surface area (Å²) in [5.41, 5.74) is 0.893. The Labute approximate surface area is 147 Å². The molecular formula is C18H24N4O3. The Morgan fingerprint density at radius 2 is 2.04 bits per heavy atom. The van der Waals surface area contributed by atoms with Crippen LogP contribution in [0.25, 0.3) is 10.9 Å². The molecule has 1 N–H and O–H groups in total. The second-order valence-corrected chi connectivity index (χ2v) is 6.84. The van der Waals surface area contributed by atoms with Gasteiger partial charge in [0.15, 0.2) is 5.79 Å². The third kappa shape index (κ3) is 3.68. The molecule has 0 bridgehead atoms. The van der Waals surface area contributed by atoms with Crippen LogP contribution in [0.3, 0.4) is 0 Å². The van der Waals surface area contributed by atoms with E-state index in [1.807, 2.05) is 38.1 Å². The summed E-state index contributed by atoms with van der Waals surface area (Å²) in [5, 5.41) is 4.26. The van der Waals surface area contributed by atoms with E-state index in [4.69, 9.17) is 24.2 Å². The fraction of sp³-hybridized carbons (Fsp3) is 0.556. The van der Waals surface area contributed by atoms with Crippen molar-refractivity contribution in [1.82, 2.24) is 15.3 Å². The summed E-state index contributed by atoms with van der Waals surface area (Å²) < 4.78 is 17.4. The predicted molar refractivity (Wildman–Crippen MR) is 95.0 cm³/mol. The lowest BCUT2D eigenvalue weighted by atomic mass is 10.2. The van der Waals surface area contributed by atoms with Gasteiger partial charge in [-0.1, -0.05) is 12.1 Å². The van der Waals surface area contributed by atoms with E-state index >= 15 is 0 Å². The number of fused-ring (bicyclic) bond motifs is 1. The molecule has 0 saturated carbocycles. The normalized spacial score (nSPS) is 23.1. The zero-order valence-electron chi connectivity index (χ0n) is 14.7. The average Bonchev–Trinajstić information content (AvgIpc) is 2.99. The first-order valence-corrected chi connectivity index (χ1v) is 8.78. The van der Waals surface area contributed by atoms with Crippen LogP contribution in [-0.4, -0.2) is 61.3 Å². The maximum atomic E-state index is 6.03. The number of ether oxygens (including phenoxy) is 3. The number of aromatic nitrogens is 2. The molecule has 0 unspecified atom stereocenters. The second-order valence-electron chi connectivity index (χ2n) is 6.84. The van der Waals surface area contributed by atoms with Gasteiger partial charge in [-0.2, -0.15) is 4.98 Å². The molecular weight excluding hydrogens is 320 g/mol. The number of nitrogens with zero attached hydrogens (tertiary/aromatic N) is 3. The Morgan fingerprint density at radius 3 is 2.80 bits per heavy atom. The lowest BCUT2D eigenvalue weighted by Crippen LogP contribution is -2.44. The number of anilines is 1. The molecule has 2 fully saturated rings. The van der Waals surface area contributed by atoms with Crippen molar-refractivity contribution >= 4 is 16.9 Å². The maximum Gasteiger partial charge on any atom is 0.229 e. The SMILES string of the molecule is CC1(C)OC[C@H](COc2nc(N3CCNCC3)nc3ccccc23)O1. The monoisotopic (exact) mass is 344 g/mol. The molecule has 0 radical (unpaired) electrons. The zero-order chi connectivity index (χ0) is 17.3. The van der Waals surface area contributed by atoms with Crippen LogP contribution in [0.4, 0.5) is 5.95 Å². The van der Waals surface area contributed by atoms with Crippen molar-refractivity contribution in [3.8, 4) is 5.88 Å². The van der Waals surface area contributed by atoms with E-state index in [0.717, 1.165) is 43.0 Å². The van der Waals surface area contributed by atoms with Crippen LogP contribution < -0.4 is 15.0 Å². The van der Waals surface area contributed by atoms with Crippen LogP contribution >= 0.6 is 0 Å². The summed E-state index contributed by atoms with van der Waals surface area (Å²) in [7, 11) is 0. The van der Waals surface area contributed by atoms with Crippen molar-refractivity contribution in [2.45, 2.75) is 25.7 Å². The first-order valence-electron chi connectivity index (χ1n) is 8.78. The molecule has 1 atom stereocenters. The Kier molecular flexibility index (Phi) is 4.45. The molecule has 2 saturated heterocycles. The van der Waals surface area contributed by atoms with Crippen molar-refractivity contribution in [3.63, 3.8) is 0 Å². The zero-order valence-corrected chi connectivity index (χ0v) is 14.7. The summed E-state index contributed by atoms with van der Waals surface area (Å²) in [5.74, 6) is 0.778. The lowest BCUT2D eigenvalue weighted by molar-refractivity contribution is -0.141. The van der Waals surface area contributed by atoms with Crippen molar-refractivity contribution in [1.29, 1.82) is 0 Å². The van der Waals surface area contributed by atoms with E-state index in [2.05, 4.69) is 10.2 Å². The Balaban J connectivity index is 1.57. The second kappa shape index (κ2) is 6.74. The predicted octanol–water partition coefficient (Wildman–Crippen LogP) is 1.57. The van der Waals surface area contributed by atoms with Gasteiger partial charge in [-0.05, 0) is 26.0 Å². The van der Waals surface area contributed by atoms with Gasteiger partial charge in [0.05, 0.1) is 17.5 Å². The van der Waals surface area contributed by atoms with Crippen LogP contribution in [0, 0.1) is 0 Å². The number of benzene rings is 1. The fourth-order valence-electron chi connectivity index (χ4n) is 3.17. The molecule has 2 aliphatic rings. The highest BCUT2D eigenvalue weighted by molar-refractivity contribution is 5.84. The van der Waals surface area contributed by atoms with Gasteiger partial charge in [0, 0.05) is 26.2 Å². The molecule has 2 aromatic rings. The van der Waals surface area contributed by atoms with Crippen molar-refractivity contribution in [3.05, 3.63) is 24.3 Å². The Hall–Kier alpha value is -1.96. The van der Waals surface area contributed by atoms with Gasteiger partial charge in [-0.3, -0.25) is 0 Å². The van der Waals surface area contributed by atoms with Gasteiger partial charge in [0.1, 0.15) is 12.7 Å². The number of nitrogens with one attached hydrogen (secondary N) is 1. The molecule has 25 heavy (non-hydrogen) atoms. The highest BCUT2D eigenvalue weighted by atomic mass is 16.7. The van der Waals surface area contributed by atoms with Gasteiger partial charge < -0.3 is 24.4 Å². The largest absolute Gasteiger partial charge is 0.474 e. The number of hydrogen-bond acceptors (Lipinski definition) is 7. The summed E-state index contributed by atoms with van der Waals surface area (Å²) in [4.78, 5) is 11.6. The van der Waals surface area contributed by atoms with Gasteiger partial charge in [-0.15, -0.1) is 0 Å². The topological polar surface area (TPSA) is 68.7 Å². The van der Waals surface area contributed by atoms with E-state index in [9.17, 15) is 0 Å². The molecule has 2 aliphatic heterocycles. The minimum atomic E-state index is -0.548. The van der Waals surface area contributed by atoms with Crippen molar-refractivity contribution < 1.29 is 14.2 Å². The first kappa shape index (κ1) is 16.5. The third-order valence-electron chi connectivity index (χ3n) is 4.43. The van der Waals surface area contributed by atoms with Gasteiger partial charge in [0.2, 0.25) is 11.8 Å². The summed E-state index contributed by atoms with van der Waals surface area (Å²) in [6.07, 6.45) is -0.0913. The van der Waals surface area contributed by atoms with Crippen molar-refractivity contribution in [2.75, 3.05) is 44.3 Å². The number of rotatable bonds is 4. The molecule has 0 amide bonds. The molecule has 134 valence electrons. The highest BCUT2D eigenvalue weighted by Crippen LogP contribution is 2.27. The minimum absolute atomic E-state index is 0.0913. The molecule has 1 aromatic carbocycles. The van der Waals surface area contributed by atoms with Crippen LogP contribution in [0.1, 0.15) is 13.8 Å². The van der Waals surface area contributed by atoms with E-state index in [0.29, 0.717) is 19.1 Å². The molecule has 0 aliphatic carbocycles. The fourth-order valence-corrected chi connectivity index (χ4v) is 3.17. The van der Waals surface area contributed by atoms with Crippen LogP contribution in [0.2, 0.25) is 0 Å². The average molecular weight is 344 g/mol. The standard InChI is InChI=1S/C18H24N4O3/c1-18(2)24-12-13(25-18)11-23-16-14-5-3-4-6-15(14)20-17(21-16)22-9-7-19-8-10-22/h3-6,13,19H,7-12H2,1-2H3/t13-/m0/s1. The number of piperazine rings is 1. The summed E-state index contributed by atoms with van der Waals surface area (Å²) in [6.45, 7) is 8.43. The third-order valence-corrected chi connectivity index (χ3v) is 4.43. The van der Waals surface area contributed by atoms with Crippen LogP contribution in [-0.2, 0) is 9.47 Å². The molecule has 0 spiro atoms. The molecule has 4 rings (SSSR count). The van der Waals surface area contributed by atoms with Crippen LogP contribution in [0.5, 0.6) is 5.88 Å². The Morgan fingerprint density at radius 1 is 1.24 bits per heavy atom. The van der Waals surface area contributed by atoms with E-state index in [1.54, 1.807) is 0 Å². The number of hydrogen-bond donors (Lipinski definition) is 1. The molecule has 7 heteroatoms. The minimum Gasteiger partial charge on any atom is -0.474 e. The molecule has 7 nitrogen and oxygen atoms in total. The lowest BCUT2D eigenvalue weighted by Gasteiger charge is -2.27. The quantitative estimate of drug-likeness (QED) is 0.903. The smallest absolute Gasteiger partial charge is 0.229 e. The van der Waals surface area contributed by atoms with Gasteiger partial charge in [0.25, 0.3) is 0 Å². The number of para-hydroxylation sites is 1. The van der Waals surface area contributed by atoms with Gasteiger partial charge in [-0.25, -0.2) is 4.98 Å². The first-order chi connectivity index (χ1) is 12.1. The van der Waals surface area contributed by atoms with Crippen LogP contribution in [0.15, 0.2) is 24.3 Å². The van der Waals surface area contributed by atoms with Crippen molar-refractivity contribution in [2.24, 2.45) is 0 Å². The summed E-state index contributed by atoms with van der Waals surface area (Å²) >= 11 is 0. The molecule has 3 heterocycles. The Bertz CT molecular complexity index is 746. The van der Waals surface area contributed by atoms with E-state index in [-0.39, 0.29) is 6.10 Å². The maximum absolute atomic E-state index is 6.03. The molecule has 1 aromatic heterocycles. The van der Waals surface area contributed by atoms with E-state index in [1.165, 1.54) is 0 Å². The summed E-state index contributed by atoms with van der Waals surface area (Å²) in [6, 6.07) is 7.94.